The molecule has 0 fully saturated rings. The minimum atomic E-state index is 0.185. The van der Waals surface area contributed by atoms with E-state index >= 15 is 0 Å². The number of hydrogen-bond donors (Lipinski definition) is 1. The van der Waals surface area contributed by atoms with Crippen LogP contribution in [0.5, 0.6) is 11.5 Å². The van der Waals surface area contributed by atoms with E-state index in [0.29, 0.717) is 0 Å². The third kappa shape index (κ3) is 5.26. The van der Waals surface area contributed by atoms with Crippen molar-refractivity contribution in [3.63, 3.8) is 0 Å². The summed E-state index contributed by atoms with van der Waals surface area (Å²) >= 11 is 3.52. The molecule has 0 aliphatic heterocycles. The molecule has 1 atom stereocenters. The zero-order chi connectivity index (χ0) is 16.8. The first-order valence-electron chi connectivity index (χ1n) is 7.82. The fourth-order valence-corrected chi connectivity index (χ4v) is 2.93. The van der Waals surface area contributed by atoms with E-state index in [4.69, 9.17) is 9.47 Å². The van der Waals surface area contributed by atoms with Crippen molar-refractivity contribution in [3.8, 4) is 11.5 Å². The fraction of sp³-hybridized carbons (Fsp3) is 0.368. The van der Waals surface area contributed by atoms with Crippen molar-refractivity contribution < 1.29 is 9.47 Å². The molecule has 0 spiro atoms. The number of benzene rings is 2. The Morgan fingerprint density at radius 2 is 1.87 bits per heavy atom. The summed E-state index contributed by atoms with van der Waals surface area (Å²) in [5, 5.41) is 3.54. The van der Waals surface area contributed by atoms with Crippen molar-refractivity contribution in [2.24, 2.45) is 0 Å². The van der Waals surface area contributed by atoms with E-state index in [2.05, 4.69) is 52.4 Å². The van der Waals surface area contributed by atoms with Gasteiger partial charge >= 0.3 is 0 Å². The van der Waals surface area contributed by atoms with Crippen molar-refractivity contribution in [3.05, 3.63) is 58.1 Å². The molecule has 23 heavy (non-hydrogen) atoms. The molecule has 2 aromatic rings. The van der Waals surface area contributed by atoms with E-state index in [0.717, 1.165) is 22.5 Å². The van der Waals surface area contributed by atoms with Crippen molar-refractivity contribution in [1.29, 1.82) is 0 Å². The normalized spacial score (nSPS) is 12.3. The van der Waals surface area contributed by atoms with Crippen LogP contribution in [0.3, 0.4) is 0 Å². The van der Waals surface area contributed by atoms with Gasteiger partial charge in [-0.05, 0) is 72.1 Å². The van der Waals surface area contributed by atoms with Crippen LogP contribution in [0.1, 0.15) is 37.9 Å². The molecule has 2 aromatic carbocycles. The Morgan fingerprint density at radius 3 is 2.52 bits per heavy atom. The Hall–Kier alpha value is -1.52. The lowest BCUT2D eigenvalue weighted by Crippen LogP contribution is -2.18. The molecule has 2 rings (SSSR count). The molecule has 0 amide bonds. The summed E-state index contributed by atoms with van der Waals surface area (Å²) in [6, 6.07) is 14.6. The third-order valence-corrected chi connectivity index (χ3v) is 4.18. The fourth-order valence-electron chi connectivity index (χ4n) is 2.34. The summed E-state index contributed by atoms with van der Waals surface area (Å²) in [7, 11) is 1.67. The first-order chi connectivity index (χ1) is 11.0. The van der Waals surface area contributed by atoms with Crippen molar-refractivity contribution >= 4 is 15.9 Å². The molecule has 0 bridgehead atoms. The zero-order valence-corrected chi connectivity index (χ0v) is 15.7. The van der Waals surface area contributed by atoms with E-state index in [1.165, 1.54) is 11.1 Å². The summed E-state index contributed by atoms with van der Waals surface area (Å²) in [4.78, 5) is 0. The molecule has 0 aliphatic carbocycles. The molecule has 4 heteroatoms. The van der Waals surface area contributed by atoms with Crippen LogP contribution in [-0.4, -0.2) is 13.2 Å². The van der Waals surface area contributed by atoms with Crippen LogP contribution in [-0.2, 0) is 6.54 Å². The van der Waals surface area contributed by atoms with Gasteiger partial charge in [-0.1, -0.05) is 18.2 Å². The van der Waals surface area contributed by atoms with Gasteiger partial charge in [-0.25, -0.2) is 0 Å². The van der Waals surface area contributed by atoms with Gasteiger partial charge in [0.1, 0.15) is 11.5 Å². The molecule has 0 saturated carbocycles. The molecule has 3 nitrogen and oxygen atoms in total. The molecule has 0 radical (unpaired) electrons. The molecular formula is C19H24BrNO2. The average molecular weight is 378 g/mol. The van der Waals surface area contributed by atoms with Gasteiger partial charge in [0.2, 0.25) is 0 Å². The molecule has 124 valence electrons. The lowest BCUT2D eigenvalue weighted by atomic mass is 10.1. The van der Waals surface area contributed by atoms with Crippen LogP contribution in [0.15, 0.2) is 46.9 Å². The molecule has 0 saturated heterocycles. The first kappa shape index (κ1) is 17.8. The first-order valence-corrected chi connectivity index (χ1v) is 8.61. The number of hydrogen-bond acceptors (Lipinski definition) is 3. The molecular weight excluding hydrogens is 354 g/mol. The SMILES string of the molecule is COc1ccc(CNC(C)c2cccc(OC(C)C)c2)cc1Br. The Labute approximate surface area is 147 Å². The van der Waals surface area contributed by atoms with Crippen LogP contribution < -0.4 is 14.8 Å². The van der Waals surface area contributed by atoms with E-state index in [1.807, 2.05) is 32.0 Å². The lowest BCUT2D eigenvalue weighted by Gasteiger charge is -2.17. The zero-order valence-electron chi connectivity index (χ0n) is 14.1. The number of rotatable bonds is 7. The molecule has 0 aromatic heterocycles. The van der Waals surface area contributed by atoms with Crippen LogP contribution in [0.25, 0.3) is 0 Å². The second-order valence-corrected chi connectivity index (χ2v) is 6.66. The maximum Gasteiger partial charge on any atom is 0.133 e. The van der Waals surface area contributed by atoms with Crippen molar-refractivity contribution in [2.75, 3.05) is 7.11 Å². The summed E-state index contributed by atoms with van der Waals surface area (Å²) in [5.74, 6) is 1.76. The highest BCUT2D eigenvalue weighted by molar-refractivity contribution is 9.10. The summed E-state index contributed by atoms with van der Waals surface area (Å²) in [6.45, 7) is 7.03. The highest BCUT2D eigenvalue weighted by Gasteiger charge is 2.08. The van der Waals surface area contributed by atoms with E-state index in [-0.39, 0.29) is 12.1 Å². The molecule has 1 N–H and O–H groups in total. The molecule has 0 heterocycles. The minimum Gasteiger partial charge on any atom is -0.496 e. The number of ether oxygens (including phenoxy) is 2. The maximum atomic E-state index is 5.76. The van der Waals surface area contributed by atoms with Gasteiger partial charge in [0, 0.05) is 12.6 Å². The van der Waals surface area contributed by atoms with E-state index < -0.39 is 0 Å². The van der Waals surface area contributed by atoms with Gasteiger partial charge in [0.05, 0.1) is 17.7 Å². The lowest BCUT2D eigenvalue weighted by molar-refractivity contribution is 0.242. The second kappa shape index (κ2) is 8.37. The standard InChI is InChI=1S/C19H24BrNO2/c1-13(2)23-17-7-5-6-16(11-17)14(3)21-12-15-8-9-19(22-4)18(20)10-15/h5-11,13-14,21H,12H2,1-4H3. The summed E-state index contributed by atoms with van der Waals surface area (Å²) < 4.78 is 12.0. The smallest absolute Gasteiger partial charge is 0.133 e. The Bertz CT molecular complexity index is 643. The second-order valence-electron chi connectivity index (χ2n) is 5.81. The predicted octanol–water partition coefficient (Wildman–Crippen LogP) is 5.10. The maximum absolute atomic E-state index is 5.76. The summed E-state index contributed by atoms with van der Waals surface area (Å²) in [5.41, 5.74) is 2.43. The highest BCUT2D eigenvalue weighted by Crippen LogP contribution is 2.26. The van der Waals surface area contributed by atoms with Crippen LogP contribution >= 0.6 is 15.9 Å². The molecule has 1 unspecified atom stereocenters. The van der Waals surface area contributed by atoms with Crippen LogP contribution in [0.2, 0.25) is 0 Å². The minimum absolute atomic E-state index is 0.185. The van der Waals surface area contributed by atoms with Gasteiger partial charge in [-0.2, -0.15) is 0 Å². The summed E-state index contributed by atoms with van der Waals surface area (Å²) in [6.07, 6.45) is 0.185. The Morgan fingerprint density at radius 1 is 1.09 bits per heavy atom. The van der Waals surface area contributed by atoms with Crippen LogP contribution in [0.4, 0.5) is 0 Å². The topological polar surface area (TPSA) is 30.5 Å². The van der Waals surface area contributed by atoms with Gasteiger partial charge in [0.25, 0.3) is 0 Å². The highest BCUT2D eigenvalue weighted by atomic mass is 79.9. The number of halogens is 1. The Balaban J connectivity index is 1.99. The van der Waals surface area contributed by atoms with Gasteiger partial charge in [0.15, 0.2) is 0 Å². The van der Waals surface area contributed by atoms with Crippen molar-refractivity contribution in [2.45, 2.75) is 39.5 Å². The van der Waals surface area contributed by atoms with E-state index in [1.54, 1.807) is 7.11 Å². The number of nitrogens with one attached hydrogen (secondary N) is 1. The monoisotopic (exact) mass is 377 g/mol. The predicted molar refractivity (Wildman–Crippen MR) is 98.2 cm³/mol. The van der Waals surface area contributed by atoms with Crippen molar-refractivity contribution in [1.82, 2.24) is 5.32 Å². The largest absolute Gasteiger partial charge is 0.496 e. The van der Waals surface area contributed by atoms with Gasteiger partial charge in [-0.3, -0.25) is 0 Å². The molecule has 0 aliphatic rings. The van der Waals surface area contributed by atoms with E-state index in [9.17, 15) is 0 Å². The number of methoxy groups -OCH3 is 1. The van der Waals surface area contributed by atoms with Crippen LogP contribution in [0, 0.1) is 0 Å². The quantitative estimate of drug-likeness (QED) is 0.728. The Kier molecular flexibility index (Phi) is 6.48. The average Bonchev–Trinajstić information content (AvgIpc) is 2.52. The van der Waals surface area contributed by atoms with Gasteiger partial charge in [-0.15, -0.1) is 0 Å². The third-order valence-electron chi connectivity index (χ3n) is 3.56. The van der Waals surface area contributed by atoms with Gasteiger partial charge < -0.3 is 14.8 Å².